The molecule has 19 heavy (non-hydrogen) atoms. The summed E-state index contributed by atoms with van der Waals surface area (Å²) in [5.74, 6) is 1.27. The molecule has 1 aromatic rings. The van der Waals surface area contributed by atoms with E-state index in [-0.39, 0.29) is 17.9 Å². The molecule has 1 aromatic carbocycles. The molecule has 5 nitrogen and oxygen atoms in total. The van der Waals surface area contributed by atoms with Gasteiger partial charge in [0.2, 0.25) is 5.91 Å². The van der Waals surface area contributed by atoms with Crippen molar-refractivity contribution >= 4 is 5.91 Å². The second-order valence-electron chi connectivity index (χ2n) is 4.73. The number of rotatable bonds is 7. The minimum absolute atomic E-state index is 0.128. The number of hydrogen-bond donors (Lipinski definition) is 2. The highest BCUT2D eigenvalue weighted by Gasteiger charge is 2.17. The molecular weight excluding hydrogens is 244 g/mol. The first-order valence-corrected chi connectivity index (χ1v) is 6.23. The van der Waals surface area contributed by atoms with Gasteiger partial charge in [0.05, 0.1) is 14.2 Å². The van der Waals surface area contributed by atoms with Gasteiger partial charge in [0, 0.05) is 18.0 Å². The first-order valence-electron chi connectivity index (χ1n) is 6.23. The van der Waals surface area contributed by atoms with Gasteiger partial charge in [0.1, 0.15) is 11.5 Å². The van der Waals surface area contributed by atoms with Crippen molar-refractivity contribution in [2.75, 3.05) is 14.2 Å². The van der Waals surface area contributed by atoms with E-state index in [9.17, 15) is 4.79 Å². The number of carbonyl (C=O) groups excluding carboxylic acids is 1. The summed E-state index contributed by atoms with van der Waals surface area (Å²) in [5.41, 5.74) is 12.2. The van der Waals surface area contributed by atoms with Crippen LogP contribution in [0.5, 0.6) is 11.5 Å². The van der Waals surface area contributed by atoms with Gasteiger partial charge in [0.25, 0.3) is 0 Å². The molecule has 0 radical (unpaired) electrons. The van der Waals surface area contributed by atoms with E-state index < -0.39 is 0 Å². The van der Waals surface area contributed by atoms with E-state index in [1.165, 1.54) is 0 Å². The summed E-state index contributed by atoms with van der Waals surface area (Å²) in [6.45, 7) is 1.96. The maximum Gasteiger partial charge on any atom is 0.217 e. The Kier molecular flexibility index (Phi) is 5.63. The number of ether oxygens (including phenoxy) is 2. The number of amides is 1. The van der Waals surface area contributed by atoms with Crippen molar-refractivity contribution in [2.24, 2.45) is 17.4 Å². The lowest BCUT2D eigenvalue weighted by Crippen LogP contribution is -2.20. The molecule has 2 unspecified atom stereocenters. The van der Waals surface area contributed by atoms with Crippen molar-refractivity contribution in [3.63, 3.8) is 0 Å². The molecule has 0 aliphatic carbocycles. The predicted octanol–water partition coefficient (Wildman–Crippen LogP) is 1.61. The quantitative estimate of drug-likeness (QED) is 0.784. The fraction of sp³-hybridized carbons (Fsp3) is 0.500. The van der Waals surface area contributed by atoms with Crippen LogP contribution in [0.2, 0.25) is 0 Å². The molecule has 0 aliphatic heterocycles. The smallest absolute Gasteiger partial charge is 0.217 e. The number of carbonyl (C=O) groups is 1. The first kappa shape index (κ1) is 15.3. The minimum atomic E-state index is -0.308. The third kappa shape index (κ3) is 4.44. The maximum atomic E-state index is 10.9. The average Bonchev–Trinajstić information content (AvgIpc) is 2.36. The van der Waals surface area contributed by atoms with Gasteiger partial charge >= 0.3 is 0 Å². The second kappa shape index (κ2) is 6.99. The molecule has 2 atom stereocenters. The Morgan fingerprint density at radius 3 is 2.53 bits per heavy atom. The van der Waals surface area contributed by atoms with Gasteiger partial charge in [-0.25, -0.2) is 0 Å². The zero-order valence-corrected chi connectivity index (χ0v) is 11.7. The third-order valence-corrected chi connectivity index (χ3v) is 3.04. The van der Waals surface area contributed by atoms with E-state index in [2.05, 4.69) is 0 Å². The summed E-state index contributed by atoms with van der Waals surface area (Å²) in [6.07, 6.45) is 0.993. The maximum absolute atomic E-state index is 10.9. The van der Waals surface area contributed by atoms with Crippen LogP contribution in [-0.2, 0) is 4.79 Å². The molecule has 4 N–H and O–H groups in total. The molecule has 0 aliphatic rings. The second-order valence-corrected chi connectivity index (χ2v) is 4.73. The van der Waals surface area contributed by atoms with Crippen molar-refractivity contribution in [3.8, 4) is 11.5 Å². The molecule has 0 spiro atoms. The Bertz CT molecular complexity index is 435. The van der Waals surface area contributed by atoms with Crippen LogP contribution in [-0.4, -0.2) is 20.1 Å². The summed E-state index contributed by atoms with van der Waals surface area (Å²) >= 11 is 0. The Morgan fingerprint density at radius 2 is 2.00 bits per heavy atom. The lowest BCUT2D eigenvalue weighted by Gasteiger charge is -2.19. The SMILES string of the molecule is COc1ccc(OC)c(C(N)CC(C)CC(N)=O)c1. The van der Waals surface area contributed by atoms with E-state index in [0.29, 0.717) is 12.8 Å². The molecule has 0 aromatic heterocycles. The molecule has 0 bridgehead atoms. The van der Waals surface area contributed by atoms with Gasteiger partial charge in [-0.1, -0.05) is 6.92 Å². The average molecular weight is 266 g/mol. The topological polar surface area (TPSA) is 87.6 Å². The normalized spacial score (nSPS) is 13.7. The van der Waals surface area contributed by atoms with E-state index in [0.717, 1.165) is 17.1 Å². The van der Waals surface area contributed by atoms with Gasteiger partial charge in [-0.3, -0.25) is 4.79 Å². The van der Waals surface area contributed by atoms with E-state index >= 15 is 0 Å². The molecule has 1 rings (SSSR count). The van der Waals surface area contributed by atoms with Crippen LogP contribution in [0.1, 0.15) is 31.4 Å². The van der Waals surface area contributed by atoms with E-state index in [4.69, 9.17) is 20.9 Å². The largest absolute Gasteiger partial charge is 0.497 e. The Labute approximate surface area is 113 Å². The van der Waals surface area contributed by atoms with Crippen LogP contribution >= 0.6 is 0 Å². The number of benzene rings is 1. The van der Waals surface area contributed by atoms with Crippen LogP contribution in [0, 0.1) is 5.92 Å². The molecule has 1 amide bonds. The van der Waals surface area contributed by atoms with Crippen molar-refractivity contribution < 1.29 is 14.3 Å². The highest BCUT2D eigenvalue weighted by atomic mass is 16.5. The van der Waals surface area contributed by atoms with Crippen molar-refractivity contribution in [3.05, 3.63) is 23.8 Å². The van der Waals surface area contributed by atoms with Crippen molar-refractivity contribution in [2.45, 2.75) is 25.8 Å². The van der Waals surface area contributed by atoms with Gasteiger partial charge in [0.15, 0.2) is 0 Å². The number of nitrogens with two attached hydrogens (primary N) is 2. The van der Waals surface area contributed by atoms with Crippen molar-refractivity contribution in [1.82, 2.24) is 0 Å². The van der Waals surface area contributed by atoms with Gasteiger partial charge in [-0.05, 0) is 30.5 Å². The monoisotopic (exact) mass is 266 g/mol. The number of hydrogen-bond acceptors (Lipinski definition) is 4. The van der Waals surface area contributed by atoms with Crippen LogP contribution in [0.4, 0.5) is 0 Å². The molecule has 0 fully saturated rings. The number of methoxy groups -OCH3 is 2. The third-order valence-electron chi connectivity index (χ3n) is 3.04. The zero-order chi connectivity index (χ0) is 14.4. The van der Waals surface area contributed by atoms with E-state index in [1.54, 1.807) is 14.2 Å². The Morgan fingerprint density at radius 1 is 1.32 bits per heavy atom. The minimum Gasteiger partial charge on any atom is -0.497 e. The highest BCUT2D eigenvalue weighted by molar-refractivity contribution is 5.73. The van der Waals surface area contributed by atoms with Gasteiger partial charge in [-0.2, -0.15) is 0 Å². The standard InChI is InChI=1S/C14H22N2O3/c1-9(7-14(16)17)6-12(15)11-8-10(18-2)4-5-13(11)19-3/h4-5,8-9,12H,6-7,15H2,1-3H3,(H2,16,17). The summed E-state index contributed by atoms with van der Waals surface area (Å²) in [6, 6.07) is 5.29. The Balaban J connectivity index is 2.84. The lowest BCUT2D eigenvalue weighted by molar-refractivity contribution is -0.118. The summed E-state index contributed by atoms with van der Waals surface area (Å²) in [4.78, 5) is 10.9. The zero-order valence-electron chi connectivity index (χ0n) is 11.7. The van der Waals surface area contributed by atoms with Gasteiger partial charge in [-0.15, -0.1) is 0 Å². The summed E-state index contributed by atoms with van der Waals surface area (Å²) in [7, 11) is 3.21. The van der Waals surface area contributed by atoms with Crippen LogP contribution in [0.3, 0.4) is 0 Å². The van der Waals surface area contributed by atoms with Crippen LogP contribution in [0.15, 0.2) is 18.2 Å². The number of primary amides is 1. The fourth-order valence-corrected chi connectivity index (χ4v) is 2.12. The highest BCUT2D eigenvalue weighted by Crippen LogP contribution is 2.31. The van der Waals surface area contributed by atoms with Crippen LogP contribution in [0.25, 0.3) is 0 Å². The lowest BCUT2D eigenvalue weighted by atomic mass is 9.93. The van der Waals surface area contributed by atoms with Crippen LogP contribution < -0.4 is 20.9 Å². The molecule has 5 heteroatoms. The molecule has 0 heterocycles. The molecule has 0 saturated carbocycles. The molecule has 0 saturated heterocycles. The predicted molar refractivity (Wildman–Crippen MR) is 74.1 cm³/mol. The fourth-order valence-electron chi connectivity index (χ4n) is 2.12. The summed E-state index contributed by atoms with van der Waals surface area (Å²) < 4.78 is 10.5. The Hall–Kier alpha value is -1.75. The van der Waals surface area contributed by atoms with Crippen molar-refractivity contribution in [1.29, 1.82) is 0 Å². The first-order chi connectivity index (χ1) is 8.97. The summed E-state index contributed by atoms with van der Waals surface area (Å²) in [5, 5.41) is 0. The molecule has 106 valence electrons. The van der Waals surface area contributed by atoms with Gasteiger partial charge < -0.3 is 20.9 Å². The van der Waals surface area contributed by atoms with E-state index in [1.807, 2.05) is 25.1 Å². The molecular formula is C14H22N2O3.